The lowest BCUT2D eigenvalue weighted by molar-refractivity contribution is 0.0784. The molecule has 2 heterocycles. The number of piperidine rings is 1. The number of nitrogens with zero attached hydrogens (tertiary/aromatic N) is 1. The van der Waals surface area contributed by atoms with Gasteiger partial charge in [0.05, 0.1) is 0 Å². The van der Waals surface area contributed by atoms with Crippen LogP contribution in [-0.2, 0) is 11.3 Å². The van der Waals surface area contributed by atoms with Crippen molar-refractivity contribution in [3.63, 3.8) is 0 Å². The number of benzene rings is 2. The van der Waals surface area contributed by atoms with Crippen molar-refractivity contribution in [2.75, 3.05) is 13.1 Å². The van der Waals surface area contributed by atoms with E-state index in [9.17, 15) is 9.59 Å². The van der Waals surface area contributed by atoms with E-state index in [1.807, 2.05) is 55.6 Å². The summed E-state index contributed by atoms with van der Waals surface area (Å²) in [5, 5.41) is 0.997. The third-order valence-electron chi connectivity index (χ3n) is 5.69. The largest absolute Gasteiger partial charge is 0.445 e. The lowest BCUT2D eigenvalue weighted by Gasteiger charge is -2.31. The van der Waals surface area contributed by atoms with Crippen LogP contribution >= 0.6 is 0 Å². The van der Waals surface area contributed by atoms with Gasteiger partial charge in [0.2, 0.25) is 0 Å². The molecule has 1 amide bonds. The Morgan fingerprint density at radius 1 is 1.10 bits per heavy atom. The number of carbonyl (C=O) groups is 2. The maximum atomic E-state index is 12.8. The van der Waals surface area contributed by atoms with E-state index in [1.54, 1.807) is 4.90 Å². The van der Waals surface area contributed by atoms with Crippen LogP contribution < -0.4 is 0 Å². The van der Waals surface area contributed by atoms with Gasteiger partial charge >= 0.3 is 6.09 Å². The average Bonchev–Trinajstić information content (AvgIpc) is 3.16. The van der Waals surface area contributed by atoms with E-state index < -0.39 is 0 Å². The highest BCUT2D eigenvalue weighted by molar-refractivity contribution is 6.08. The molecule has 1 aliphatic rings. The molecule has 2 aromatic carbocycles. The second-order valence-corrected chi connectivity index (χ2v) is 7.85. The van der Waals surface area contributed by atoms with Crippen LogP contribution in [0.4, 0.5) is 4.79 Å². The highest BCUT2D eigenvalue weighted by Crippen LogP contribution is 2.26. The molecule has 5 nitrogen and oxygen atoms in total. The minimum Gasteiger partial charge on any atom is -0.445 e. The highest BCUT2D eigenvalue weighted by atomic mass is 16.6. The molecule has 3 aromatic rings. The molecular formula is C24H26N2O3. The molecule has 29 heavy (non-hydrogen) atoms. The summed E-state index contributed by atoms with van der Waals surface area (Å²) >= 11 is 0. The van der Waals surface area contributed by atoms with Crippen molar-refractivity contribution in [2.24, 2.45) is 5.92 Å². The van der Waals surface area contributed by atoms with Gasteiger partial charge in [-0.15, -0.1) is 0 Å². The molecule has 1 N–H and O–H groups in total. The molecule has 1 fully saturated rings. The molecule has 0 atom stereocenters. The number of fused-ring (bicyclic) bond motifs is 1. The molecule has 5 heteroatoms. The van der Waals surface area contributed by atoms with Crippen LogP contribution in [0, 0.1) is 12.8 Å². The van der Waals surface area contributed by atoms with Crippen molar-refractivity contribution < 1.29 is 14.3 Å². The van der Waals surface area contributed by atoms with E-state index in [0.717, 1.165) is 40.4 Å². The number of hydrogen-bond donors (Lipinski definition) is 1. The number of amides is 1. The van der Waals surface area contributed by atoms with Crippen molar-refractivity contribution in [2.45, 2.75) is 32.8 Å². The number of likely N-dealkylation sites (tertiary alicyclic amines) is 1. The smallest absolute Gasteiger partial charge is 0.410 e. The zero-order valence-electron chi connectivity index (χ0n) is 16.7. The molecule has 150 valence electrons. The summed E-state index contributed by atoms with van der Waals surface area (Å²) in [6.07, 6.45) is 3.72. The molecule has 1 aromatic heterocycles. The number of aromatic amines is 1. The van der Waals surface area contributed by atoms with E-state index in [4.69, 9.17) is 4.74 Å². The molecule has 4 rings (SSSR count). The van der Waals surface area contributed by atoms with E-state index in [-0.39, 0.29) is 18.5 Å². The normalized spacial score (nSPS) is 14.9. The summed E-state index contributed by atoms with van der Waals surface area (Å²) in [5.74, 6) is 0.474. The Morgan fingerprint density at radius 3 is 2.62 bits per heavy atom. The first-order valence-corrected chi connectivity index (χ1v) is 10.2. The molecule has 0 aliphatic carbocycles. The number of aryl methyl sites for hydroxylation is 1. The molecule has 0 unspecified atom stereocenters. The van der Waals surface area contributed by atoms with Crippen LogP contribution in [0.2, 0.25) is 0 Å². The number of H-pyrrole nitrogens is 1. The SMILES string of the molecule is Cc1ccc2[nH]cc(C(=O)CC3CCN(C(=O)OCc4ccccc4)CC3)c2c1. The van der Waals surface area contributed by atoms with Crippen molar-refractivity contribution in [3.8, 4) is 0 Å². The summed E-state index contributed by atoms with van der Waals surface area (Å²) in [6.45, 7) is 3.60. The Morgan fingerprint density at radius 2 is 1.86 bits per heavy atom. The molecule has 0 radical (unpaired) electrons. The summed E-state index contributed by atoms with van der Waals surface area (Å²) in [7, 11) is 0. The van der Waals surface area contributed by atoms with Crippen molar-refractivity contribution in [1.29, 1.82) is 0 Å². The number of ether oxygens (including phenoxy) is 1. The standard InChI is InChI=1S/C24H26N2O3/c1-17-7-8-22-20(13-17)21(15-25-22)23(27)14-18-9-11-26(12-10-18)24(28)29-16-19-5-3-2-4-6-19/h2-8,13,15,18,25H,9-12,14,16H2,1H3. The van der Waals surface area contributed by atoms with Gasteiger partial charge in [-0.1, -0.05) is 42.0 Å². The van der Waals surface area contributed by atoms with E-state index in [0.29, 0.717) is 25.4 Å². The van der Waals surface area contributed by atoms with Crippen LogP contribution in [0.1, 0.15) is 40.7 Å². The minimum absolute atomic E-state index is 0.173. The third kappa shape index (κ3) is 4.50. The molecule has 1 aliphatic heterocycles. The number of Topliss-reactive ketones (excluding diaryl/α,β-unsaturated/α-hetero) is 1. The first-order chi connectivity index (χ1) is 14.1. The summed E-state index contributed by atoms with van der Waals surface area (Å²) in [6, 6.07) is 15.8. The lowest BCUT2D eigenvalue weighted by atomic mass is 9.90. The first kappa shape index (κ1) is 19.2. The molecule has 0 saturated carbocycles. The van der Waals surface area contributed by atoms with Gasteiger partial charge in [0.1, 0.15) is 6.61 Å². The Kier molecular flexibility index (Phi) is 5.65. The fourth-order valence-electron chi connectivity index (χ4n) is 3.97. The van der Waals surface area contributed by atoms with Gasteiger partial charge in [-0.2, -0.15) is 0 Å². The van der Waals surface area contributed by atoms with Crippen molar-refractivity contribution in [1.82, 2.24) is 9.88 Å². The van der Waals surface area contributed by atoms with Gasteiger partial charge in [-0.25, -0.2) is 4.79 Å². The summed E-state index contributed by atoms with van der Waals surface area (Å²) in [5.41, 5.74) is 3.90. The third-order valence-corrected chi connectivity index (χ3v) is 5.69. The van der Waals surface area contributed by atoms with Gasteiger partial charge in [0, 0.05) is 42.2 Å². The number of nitrogens with one attached hydrogen (secondary N) is 1. The number of carbonyl (C=O) groups excluding carboxylic acids is 2. The quantitative estimate of drug-likeness (QED) is 0.617. The summed E-state index contributed by atoms with van der Waals surface area (Å²) < 4.78 is 5.42. The molecule has 1 saturated heterocycles. The second kappa shape index (κ2) is 8.52. The van der Waals surface area contributed by atoms with Crippen molar-refractivity contribution in [3.05, 3.63) is 71.4 Å². The van der Waals surface area contributed by atoms with Crippen LogP contribution in [0.5, 0.6) is 0 Å². The molecular weight excluding hydrogens is 364 g/mol. The molecule has 0 bridgehead atoms. The monoisotopic (exact) mass is 390 g/mol. The average molecular weight is 390 g/mol. The number of ketones is 1. The van der Waals surface area contributed by atoms with Crippen molar-refractivity contribution >= 4 is 22.8 Å². The highest BCUT2D eigenvalue weighted by Gasteiger charge is 2.26. The zero-order valence-corrected chi connectivity index (χ0v) is 16.7. The van der Waals surface area contributed by atoms with Gasteiger partial charge in [0.15, 0.2) is 5.78 Å². The number of aromatic nitrogens is 1. The van der Waals surface area contributed by atoms with Crippen LogP contribution in [0.25, 0.3) is 10.9 Å². The lowest BCUT2D eigenvalue weighted by Crippen LogP contribution is -2.39. The predicted octanol–water partition coefficient (Wildman–Crippen LogP) is 5.10. The van der Waals surface area contributed by atoms with Crippen LogP contribution in [0.3, 0.4) is 0 Å². The van der Waals surface area contributed by atoms with Crippen LogP contribution in [0.15, 0.2) is 54.7 Å². The van der Waals surface area contributed by atoms with Gasteiger partial charge in [-0.3, -0.25) is 4.79 Å². The van der Waals surface area contributed by atoms with E-state index >= 15 is 0 Å². The maximum Gasteiger partial charge on any atom is 0.410 e. The Balaban J connectivity index is 1.28. The Bertz CT molecular complexity index is 1000. The Hall–Kier alpha value is -3.08. The van der Waals surface area contributed by atoms with Crippen LogP contribution in [-0.4, -0.2) is 34.8 Å². The van der Waals surface area contributed by atoms with Gasteiger partial charge in [-0.05, 0) is 43.4 Å². The van der Waals surface area contributed by atoms with Gasteiger partial charge in [0.25, 0.3) is 0 Å². The summed E-state index contributed by atoms with van der Waals surface area (Å²) in [4.78, 5) is 30.1. The zero-order chi connectivity index (χ0) is 20.2. The maximum absolute atomic E-state index is 12.8. The van der Waals surface area contributed by atoms with E-state index in [2.05, 4.69) is 11.1 Å². The number of hydrogen-bond acceptors (Lipinski definition) is 3. The minimum atomic E-state index is -0.272. The fraction of sp³-hybridized carbons (Fsp3) is 0.333. The van der Waals surface area contributed by atoms with Gasteiger partial charge < -0.3 is 14.6 Å². The predicted molar refractivity (Wildman–Crippen MR) is 113 cm³/mol. The molecule has 0 spiro atoms. The fourth-order valence-corrected chi connectivity index (χ4v) is 3.97. The first-order valence-electron chi connectivity index (χ1n) is 10.2. The Labute approximate surface area is 170 Å². The van der Waals surface area contributed by atoms with E-state index in [1.165, 1.54) is 0 Å². The second-order valence-electron chi connectivity index (χ2n) is 7.85. The topological polar surface area (TPSA) is 62.4 Å². The number of rotatable bonds is 5.